The molecule has 1 aromatic carbocycles. The lowest BCUT2D eigenvalue weighted by Gasteiger charge is -2.34. The van der Waals surface area contributed by atoms with Crippen LogP contribution in [0.3, 0.4) is 0 Å². The first-order valence-corrected chi connectivity index (χ1v) is 10.7. The van der Waals surface area contributed by atoms with Crippen molar-refractivity contribution in [2.75, 3.05) is 26.2 Å². The largest absolute Gasteiger partial charge is 0.370 e. The molecule has 30 heavy (non-hydrogen) atoms. The van der Waals surface area contributed by atoms with Crippen molar-refractivity contribution < 1.29 is 4.74 Å². The molecule has 1 aliphatic heterocycles. The monoisotopic (exact) mass is 538 g/mol. The maximum atomic E-state index is 5.96. The van der Waals surface area contributed by atoms with Gasteiger partial charge in [0.1, 0.15) is 11.1 Å². The third-order valence-electron chi connectivity index (χ3n) is 4.78. The number of hydrogen-bond acceptors (Lipinski definition) is 5. The Hall–Kier alpha value is -1.98. The summed E-state index contributed by atoms with van der Waals surface area (Å²) in [5.74, 6) is 0.904. The minimum atomic E-state index is 0. The summed E-state index contributed by atoms with van der Waals surface area (Å²) in [5, 5.41) is 10.8. The Labute approximate surface area is 198 Å². The molecule has 2 aromatic heterocycles. The summed E-state index contributed by atoms with van der Waals surface area (Å²) in [5.41, 5.74) is 3.24. The molecule has 0 bridgehead atoms. The van der Waals surface area contributed by atoms with E-state index in [1.54, 1.807) is 11.3 Å². The van der Waals surface area contributed by atoms with Gasteiger partial charge in [0.2, 0.25) is 0 Å². The van der Waals surface area contributed by atoms with Crippen LogP contribution in [0.5, 0.6) is 0 Å². The van der Waals surface area contributed by atoms with Gasteiger partial charge in [-0.25, -0.2) is 9.98 Å². The van der Waals surface area contributed by atoms with Crippen LogP contribution in [0.25, 0.3) is 11.3 Å². The quantitative estimate of drug-likeness (QED) is 0.305. The number of guanidine groups is 1. The average Bonchev–Trinajstić information content (AvgIpc) is 3.41. The van der Waals surface area contributed by atoms with Crippen LogP contribution in [0.4, 0.5) is 0 Å². The molecule has 4 rings (SSSR count). The van der Waals surface area contributed by atoms with E-state index in [0.717, 1.165) is 47.4 Å². The standard InChI is InChI=1S/C21H26N6OS.HI/c1-3-22-21(27-9-10-28-19(14-27)17-11-24-26(2)13-17)23-12-20-25-18(15-29-20)16-7-5-4-6-8-16;/h4-8,11,13,15,19H,3,9-10,12,14H2,1-2H3,(H,22,23);1H. The van der Waals surface area contributed by atoms with Crippen molar-refractivity contribution in [1.82, 2.24) is 25.0 Å². The number of hydrogen-bond donors (Lipinski definition) is 1. The van der Waals surface area contributed by atoms with Crippen molar-refractivity contribution in [3.05, 3.63) is 58.7 Å². The highest BCUT2D eigenvalue weighted by Gasteiger charge is 2.25. The molecule has 1 atom stereocenters. The van der Waals surface area contributed by atoms with Crippen molar-refractivity contribution in [1.29, 1.82) is 0 Å². The summed E-state index contributed by atoms with van der Waals surface area (Å²) < 4.78 is 7.77. The van der Waals surface area contributed by atoms with Crippen LogP contribution in [0.1, 0.15) is 23.6 Å². The number of aromatic nitrogens is 3. The van der Waals surface area contributed by atoms with Gasteiger partial charge >= 0.3 is 0 Å². The highest BCUT2D eigenvalue weighted by molar-refractivity contribution is 14.0. The lowest BCUT2D eigenvalue weighted by Crippen LogP contribution is -2.48. The lowest BCUT2D eigenvalue weighted by atomic mass is 10.1. The van der Waals surface area contributed by atoms with Crippen LogP contribution < -0.4 is 5.32 Å². The van der Waals surface area contributed by atoms with Gasteiger partial charge in [-0.05, 0) is 6.92 Å². The number of rotatable bonds is 5. The fourth-order valence-electron chi connectivity index (χ4n) is 3.34. The third-order valence-corrected chi connectivity index (χ3v) is 5.62. The molecule has 7 nitrogen and oxygen atoms in total. The highest BCUT2D eigenvalue weighted by atomic mass is 127. The van der Waals surface area contributed by atoms with Crippen molar-refractivity contribution in [2.45, 2.75) is 19.6 Å². The number of aryl methyl sites for hydroxylation is 1. The molecule has 0 aliphatic carbocycles. The Bertz CT molecular complexity index is 957. The van der Waals surface area contributed by atoms with Gasteiger partial charge in [-0.3, -0.25) is 4.68 Å². The van der Waals surface area contributed by atoms with E-state index in [9.17, 15) is 0 Å². The zero-order valence-corrected chi connectivity index (χ0v) is 20.3. The fourth-order valence-corrected chi connectivity index (χ4v) is 4.07. The Balaban J connectivity index is 0.00000256. The summed E-state index contributed by atoms with van der Waals surface area (Å²) in [6.45, 7) is 5.71. The van der Waals surface area contributed by atoms with E-state index in [1.807, 2.05) is 42.3 Å². The molecule has 1 N–H and O–H groups in total. The topological polar surface area (TPSA) is 67.6 Å². The molecule has 0 saturated carbocycles. The van der Waals surface area contributed by atoms with Gasteiger partial charge in [-0.15, -0.1) is 35.3 Å². The van der Waals surface area contributed by atoms with Gasteiger partial charge in [0, 0.05) is 42.8 Å². The number of benzene rings is 1. The number of halogens is 1. The van der Waals surface area contributed by atoms with Crippen LogP contribution >= 0.6 is 35.3 Å². The van der Waals surface area contributed by atoms with Gasteiger partial charge in [-0.2, -0.15) is 5.10 Å². The van der Waals surface area contributed by atoms with Crippen molar-refractivity contribution >= 4 is 41.3 Å². The highest BCUT2D eigenvalue weighted by Crippen LogP contribution is 2.23. The number of nitrogens with zero attached hydrogens (tertiary/aromatic N) is 5. The van der Waals surface area contributed by atoms with Crippen LogP contribution in [-0.4, -0.2) is 51.9 Å². The first-order chi connectivity index (χ1) is 14.2. The van der Waals surface area contributed by atoms with Crippen LogP contribution in [0.15, 0.2) is 53.1 Å². The summed E-state index contributed by atoms with van der Waals surface area (Å²) in [4.78, 5) is 11.9. The molecule has 1 fully saturated rings. The van der Waals surface area contributed by atoms with Gasteiger partial charge in [-0.1, -0.05) is 30.3 Å². The molecule has 1 aliphatic rings. The summed E-state index contributed by atoms with van der Waals surface area (Å²) in [7, 11) is 1.92. The summed E-state index contributed by atoms with van der Waals surface area (Å²) in [6, 6.07) is 10.3. The van der Waals surface area contributed by atoms with Crippen LogP contribution in [-0.2, 0) is 18.3 Å². The summed E-state index contributed by atoms with van der Waals surface area (Å²) >= 11 is 1.65. The van der Waals surface area contributed by atoms with Gasteiger partial charge in [0.25, 0.3) is 0 Å². The average molecular weight is 538 g/mol. The predicted octanol–water partition coefficient (Wildman–Crippen LogP) is 3.70. The van der Waals surface area contributed by atoms with Crippen molar-refractivity contribution in [2.24, 2.45) is 12.0 Å². The first-order valence-electron chi connectivity index (χ1n) is 9.86. The second kappa shape index (κ2) is 10.9. The Morgan fingerprint density at radius 3 is 2.90 bits per heavy atom. The molecule has 0 radical (unpaired) electrons. The normalized spacial score (nSPS) is 16.9. The zero-order valence-electron chi connectivity index (χ0n) is 17.2. The molecule has 160 valence electrons. The minimum Gasteiger partial charge on any atom is -0.370 e. The molecule has 1 unspecified atom stereocenters. The van der Waals surface area contributed by atoms with E-state index in [1.165, 1.54) is 0 Å². The number of thiazole rings is 1. The van der Waals surface area contributed by atoms with E-state index in [2.05, 4.69) is 39.8 Å². The predicted molar refractivity (Wildman–Crippen MR) is 131 cm³/mol. The van der Waals surface area contributed by atoms with E-state index < -0.39 is 0 Å². The second-order valence-corrected chi connectivity index (χ2v) is 7.86. The maximum Gasteiger partial charge on any atom is 0.194 e. The number of morpholine rings is 1. The molecule has 3 aromatic rings. The number of ether oxygens (including phenoxy) is 1. The van der Waals surface area contributed by atoms with Gasteiger partial charge in [0.15, 0.2) is 5.96 Å². The molecule has 0 amide bonds. The molecule has 0 spiro atoms. The first kappa shape index (κ1) is 22.7. The van der Waals surface area contributed by atoms with E-state index in [4.69, 9.17) is 14.7 Å². The number of nitrogens with one attached hydrogen (secondary N) is 1. The fraction of sp³-hybridized carbons (Fsp3) is 0.381. The van der Waals surface area contributed by atoms with E-state index in [0.29, 0.717) is 13.2 Å². The van der Waals surface area contributed by atoms with E-state index >= 15 is 0 Å². The molecular weight excluding hydrogens is 511 g/mol. The maximum absolute atomic E-state index is 5.96. The van der Waals surface area contributed by atoms with Crippen LogP contribution in [0, 0.1) is 0 Å². The van der Waals surface area contributed by atoms with Crippen LogP contribution in [0.2, 0.25) is 0 Å². The lowest BCUT2D eigenvalue weighted by molar-refractivity contribution is -0.00805. The van der Waals surface area contributed by atoms with Crippen molar-refractivity contribution in [3.63, 3.8) is 0 Å². The summed E-state index contributed by atoms with van der Waals surface area (Å²) in [6.07, 6.45) is 3.89. The molecule has 9 heteroatoms. The van der Waals surface area contributed by atoms with Gasteiger partial charge < -0.3 is 15.0 Å². The molecular formula is C21H27IN6OS. The Kier molecular flexibility index (Phi) is 8.23. The Morgan fingerprint density at radius 2 is 2.17 bits per heavy atom. The van der Waals surface area contributed by atoms with Crippen molar-refractivity contribution in [3.8, 4) is 11.3 Å². The van der Waals surface area contributed by atoms with E-state index in [-0.39, 0.29) is 30.1 Å². The minimum absolute atomic E-state index is 0. The smallest absolute Gasteiger partial charge is 0.194 e. The second-order valence-electron chi connectivity index (χ2n) is 6.92. The number of aliphatic imine (C=N–C) groups is 1. The SMILES string of the molecule is CCNC(=NCc1nc(-c2ccccc2)cs1)N1CCOC(c2cnn(C)c2)C1.I. The zero-order chi connectivity index (χ0) is 20.1. The Morgan fingerprint density at radius 1 is 1.33 bits per heavy atom. The third kappa shape index (κ3) is 5.58. The van der Waals surface area contributed by atoms with Gasteiger partial charge in [0.05, 0.1) is 31.6 Å². The molecule has 1 saturated heterocycles. The molecule has 3 heterocycles.